The van der Waals surface area contributed by atoms with Crippen LogP contribution >= 0.6 is 11.8 Å². The van der Waals surface area contributed by atoms with Gasteiger partial charge in [0.15, 0.2) is 0 Å². The Labute approximate surface area is 126 Å². The quantitative estimate of drug-likeness (QED) is 0.680. The molecule has 8 nitrogen and oxygen atoms in total. The van der Waals surface area contributed by atoms with E-state index in [4.69, 9.17) is 5.11 Å². The van der Waals surface area contributed by atoms with Crippen LogP contribution in [0.1, 0.15) is 39.2 Å². The zero-order valence-corrected chi connectivity index (χ0v) is 12.8. The van der Waals surface area contributed by atoms with Crippen molar-refractivity contribution in [3.8, 4) is 0 Å². The third-order valence-corrected chi connectivity index (χ3v) is 4.42. The number of carbonyl (C=O) groups excluding carboxylic acids is 1. The van der Waals surface area contributed by atoms with Crippen LogP contribution in [0.15, 0.2) is 5.16 Å². The van der Waals surface area contributed by atoms with E-state index in [1.807, 2.05) is 6.92 Å². The second kappa shape index (κ2) is 6.88. The number of carboxylic acid groups (broad SMARTS) is 1. The topological polar surface area (TPSA) is 110 Å². The summed E-state index contributed by atoms with van der Waals surface area (Å²) >= 11 is 1.23. The van der Waals surface area contributed by atoms with Crippen molar-refractivity contribution in [2.45, 2.75) is 50.4 Å². The van der Waals surface area contributed by atoms with Gasteiger partial charge in [-0.3, -0.25) is 4.79 Å². The molecule has 1 aliphatic carbocycles. The second-order valence-electron chi connectivity index (χ2n) is 5.19. The number of amides is 1. The van der Waals surface area contributed by atoms with Gasteiger partial charge in [0.05, 0.1) is 11.8 Å². The van der Waals surface area contributed by atoms with Crippen LogP contribution in [0.25, 0.3) is 0 Å². The van der Waals surface area contributed by atoms with Crippen LogP contribution in [0.5, 0.6) is 0 Å². The molecule has 0 spiro atoms. The first-order valence-corrected chi connectivity index (χ1v) is 7.94. The monoisotopic (exact) mass is 313 g/mol. The Balaban J connectivity index is 1.86. The molecule has 1 aliphatic rings. The summed E-state index contributed by atoms with van der Waals surface area (Å²) in [7, 11) is 0. The zero-order valence-electron chi connectivity index (χ0n) is 12.0. The molecule has 116 valence electrons. The van der Waals surface area contributed by atoms with Crippen LogP contribution in [0, 0.1) is 5.92 Å². The fourth-order valence-corrected chi connectivity index (χ4v) is 2.61. The van der Waals surface area contributed by atoms with Crippen molar-refractivity contribution in [3.05, 3.63) is 0 Å². The number of rotatable bonds is 8. The Bertz CT molecular complexity index is 517. The molecule has 1 fully saturated rings. The van der Waals surface area contributed by atoms with Crippen molar-refractivity contribution < 1.29 is 14.7 Å². The van der Waals surface area contributed by atoms with Crippen molar-refractivity contribution in [1.82, 2.24) is 25.5 Å². The van der Waals surface area contributed by atoms with Crippen LogP contribution in [0.4, 0.5) is 0 Å². The maximum atomic E-state index is 11.9. The SMILES string of the molecule is CCC(C)C(NC(=O)CSc1nnnn1C1CC1)C(=O)O. The van der Waals surface area contributed by atoms with Crippen molar-refractivity contribution in [2.75, 3.05) is 5.75 Å². The summed E-state index contributed by atoms with van der Waals surface area (Å²) in [5.74, 6) is -1.34. The number of nitrogens with zero attached hydrogens (tertiary/aromatic N) is 4. The summed E-state index contributed by atoms with van der Waals surface area (Å²) in [5.41, 5.74) is 0. The molecule has 2 unspecified atom stereocenters. The van der Waals surface area contributed by atoms with Crippen LogP contribution < -0.4 is 5.32 Å². The number of carboxylic acids is 1. The summed E-state index contributed by atoms with van der Waals surface area (Å²) in [6, 6.07) is -0.514. The van der Waals surface area contributed by atoms with Crippen LogP contribution in [0.3, 0.4) is 0 Å². The van der Waals surface area contributed by atoms with Gasteiger partial charge in [-0.1, -0.05) is 32.0 Å². The largest absolute Gasteiger partial charge is 0.480 e. The number of hydrogen-bond donors (Lipinski definition) is 2. The molecule has 1 aromatic heterocycles. The second-order valence-corrected chi connectivity index (χ2v) is 6.14. The number of carbonyl (C=O) groups is 2. The van der Waals surface area contributed by atoms with Gasteiger partial charge in [0.25, 0.3) is 0 Å². The molecule has 21 heavy (non-hydrogen) atoms. The van der Waals surface area contributed by atoms with Crippen LogP contribution in [-0.4, -0.2) is 49.0 Å². The van der Waals surface area contributed by atoms with Gasteiger partial charge in [0.1, 0.15) is 6.04 Å². The predicted molar refractivity (Wildman–Crippen MR) is 75.8 cm³/mol. The highest BCUT2D eigenvalue weighted by atomic mass is 32.2. The van der Waals surface area contributed by atoms with Gasteiger partial charge < -0.3 is 10.4 Å². The molecule has 2 atom stereocenters. The van der Waals surface area contributed by atoms with Crippen molar-refractivity contribution in [2.24, 2.45) is 5.92 Å². The van der Waals surface area contributed by atoms with E-state index in [1.54, 1.807) is 11.6 Å². The normalized spacial score (nSPS) is 17.2. The third-order valence-electron chi connectivity index (χ3n) is 3.48. The molecule has 1 saturated carbocycles. The smallest absolute Gasteiger partial charge is 0.326 e. The number of aliphatic carboxylic acids is 1. The lowest BCUT2D eigenvalue weighted by Gasteiger charge is -2.19. The minimum Gasteiger partial charge on any atom is -0.480 e. The standard InChI is InChI=1S/C12H19N5O3S/c1-3-7(2)10(11(19)20)13-9(18)6-21-12-14-15-16-17(12)8-4-5-8/h7-8,10H,3-6H2,1-2H3,(H,13,18)(H,19,20). The van der Waals surface area contributed by atoms with E-state index in [9.17, 15) is 9.59 Å². The number of nitrogens with one attached hydrogen (secondary N) is 1. The van der Waals surface area contributed by atoms with Gasteiger partial charge in [0.2, 0.25) is 11.1 Å². The summed E-state index contributed by atoms with van der Waals surface area (Å²) in [5, 5.41) is 23.7. The summed E-state index contributed by atoms with van der Waals surface area (Å²) in [6.45, 7) is 3.70. The molecule has 2 N–H and O–H groups in total. The van der Waals surface area contributed by atoms with E-state index in [2.05, 4.69) is 20.8 Å². The molecule has 2 rings (SSSR count). The van der Waals surface area contributed by atoms with Gasteiger partial charge in [-0.05, 0) is 29.2 Å². The van der Waals surface area contributed by atoms with E-state index < -0.39 is 12.0 Å². The lowest BCUT2D eigenvalue weighted by atomic mass is 9.99. The van der Waals surface area contributed by atoms with Crippen molar-refractivity contribution in [1.29, 1.82) is 0 Å². The maximum Gasteiger partial charge on any atom is 0.326 e. The molecule has 1 amide bonds. The predicted octanol–water partition coefficient (Wildman–Crippen LogP) is 0.716. The van der Waals surface area contributed by atoms with Crippen molar-refractivity contribution in [3.63, 3.8) is 0 Å². The molecule has 1 heterocycles. The number of thioether (sulfide) groups is 1. The Morgan fingerprint density at radius 1 is 1.52 bits per heavy atom. The molecular formula is C12H19N5O3S. The third kappa shape index (κ3) is 4.16. The molecular weight excluding hydrogens is 294 g/mol. The average molecular weight is 313 g/mol. The van der Waals surface area contributed by atoms with E-state index >= 15 is 0 Å². The van der Waals surface area contributed by atoms with Gasteiger partial charge in [-0.2, -0.15) is 0 Å². The molecule has 0 radical (unpaired) electrons. The Morgan fingerprint density at radius 3 is 2.81 bits per heavy atom. The highest BCUT2D eigenvalue weighted by Gasteiger charge is 2.29. The molecule has 1 aromatic rings. The number of aromatic nitrogens is 4. The van der Waals surface area contributed by atoms with E-state index in [0.717, 1.165) is 12.8 Å². The highest BCUT2D eigenvalue weighted by molar-refractivity contribution is 7.99. The summed E-state index contributed by atoms with van der Waals surface area (Å²) in [4.78, 5) is 23.1. The molecule has 0 aromatic carbocycles. The Hall–Kier alpha value is -1.64. The first kappa shape index (κ1) is 15.7. The first-order chi connectivity index (χ1) is 10.0. The number of tetrazole rings is 1. The Morgan fingerprint density at radius 2 is 2.24 bits per heavy atom. The molecule has 0 saturated heterocycles. The van der Waals surface area contributed by atoms with Gasteiger partial charge >= 0.3 is 5.97 Å². The lowest BCUT2D eigenvalue weighted by molar-refractivity contribution is -0.143. The van der Waals surface area contributed by atoms with Crippen LogP contribution in [0.2, 0.25) is 0 Å². The highest BCUT2D eigenvalue weighted by Crippen LogP contribution is 2.36. The zero-order chi connectivity index (χ0) is 15.4. The van der Waals surface area contributed by atoms with Crippen molar-refractivity contribution >= 4 is 23.6 Å². The molecule has 9 heteroatoms. The van der Waals surface area contributed by atoms with Gasteiger partial charge in [-0.25, -0.2) is 9.48 Å². The van der Waals surface area contributed by atoms with Gasteiger partial charge in [0, 0.05) is 0 Å². The average Bonchev–Trinajstić information content (AvgIpc) is 3.20. The van der Waals surface area contributed by atoms with Gasteiger partial charge in [-0.15, -0.1) is 5.10 Å². The van der Waals surface area contributed by atoms with E-state index in [-0.39, 0.29) is 17.6 Å². The molecule has 0 bridgehead atoms. The minimum absolute atomic E-state index is 0.104. The van der Waals surface area contributed by atoms with Crippen LogP contribution in [-0.2, 0) is 9.59 Å². The maximum absolute atomic E-state index is 11.9. The fraction of sp³-hybridized carbons (Fsp3) is 0.750. The lowest BCUT2D eigenvalue weighted by Crippen LogP contribution is -2.45. The van der Waals surface area contributed by atoms with E-state index in [0.29, 0.717) is 17.6 Å². The molecule has 0 aliphatic heterocycles. The fourth-order valence-electron chi connectivity index (χ4n) is 1.86. The summed E-state index contributed by atoms with van der Waals surface area (Å²) in [6.07, 6.45) is 2.80. The minimum atomic E-state index is -1.01. The van der Waals surface area contributed by atoms with E-state index in [1.165, 1.54) is 11.8 Å². The Kier molecular flexibility index (Phi) is 5.16. The summed E-state index contributed by atoms with van der Waals surface area (Å²) < 4.78 is 1.72. The first-order valence-electron chi connectivity index (χ1n) is 6.95. The number of hydrogen-bond acceptors (Lipinski definition) is 6.